The first-order chi connectivity index (χ1) is 24.3. The van der Waals surface area contributed by atoms with Gasteiger partial charge < -0.3 is 35.7 Å². The maximum Gasteiger partial charge on any atom is 0.586 e. The number of aliphatic hydroxyl groups is 1. The van der Waals surface area contributed by atoms with Crippen LogP contribution < -0.4 is 30.6 Å². The summed E-state index contributed by atoms with van der Waals surface area (Å²) in [6.07, 6.45) is 3.83. The van der Waals surface area contributed by atoms with Crippen LogP contribution in [0.25, 0.3) is 22.2 Å². The van der Waals surface area contributed by atoms with Gasteiger partial charge in [-0.05, 0) is 80.6 Å². The Kier molecular flexibility index (Phi) is 7.31. The summed E-state index contributed by atoms with van der Waals surface area (Å²) in [5.41, 5.74) is 6.24. The van der Waals surface area contributed by atoms with Gasteiger partial charge in [0, 0.05) is 40.7 Å². The third kappa shape index (κ3) is 5.68. The average Bonchev–Trinajstić information content (AvgIpc) is 3.84. The molecule has 8 rings (SSSR count). The number of alkyl halides is 2. The number of nitrogens with two attached hydrogens (primary N) is 1. The summed E-state index contributed by atoms with van der Waals surface area (Å²) in [7, 11) is 0. The molecule has 0 radical (unpaired) electrons. The van der Waals surface area contributed by atoms with E-state index in [2.05, 4.69) is 35.1 Å². The molecule has 2 atom stereocenters. The summed E-state index contributed by atoms with van der Waals surface area (Å²) in [6, 6.07) is 11.0. The Hall–Kier alpha value is -5.96. The van der Waals surface area contributed by atoms with Gasteiger partial charge in [-0.1, -0.05) is 0 Å². The summed E-state index contributed by atoms with van der Waals surface area (Å²) in [6.45, 7) is 3.18. The van der Waals surface area contributed by atoms with E-state index in [0.29, 0.717) is 51.9 Å². The first-order valence-corrected chi connectivity index (χ1v) is 16.2. The number of hydrogen-bond acceptors (Lipinski definition) is 11. The molecule has 5 aromatic rings. The zero-order chi connectivity index (χ0) is 35.7. The minimum absolute atomic E-state index is 0.0990. The molecule has 260 valence electrons. The number of aryl methyl sites for hydroxylation is 1. The largest absolute Gasteiger partial charge is 0.586 e. The molecule has 1 aliphatic carbocycles. The highest BCUT2D eigenvalue weighted by Crippen LogP contribution is 2.51. The standard InChI is InChI=1S/C36H31F2N7O6/c1-18-9-20-10-21(11-24(29(20)42-14-18)44-28-15-40-7-8-41-28)32(46)43-16-35(48,22-4-5-22)27-13-23-31(49-17-34(23,2)33(39)47)30(45-27)19-3-6-25-26(12-19)51-36(37,38)50-25/h3,6-15,22,48H,4-5,16-17H2,1-2H3,(H2,39,47)(H,41,44)(H,43,46)/t34-,35+/m0/s1. The van der Waals surface area contributed by atoms with Crippen molar-refractivity contribution in [1.82, 2.24) is 25.3 Å². The zero-order valence-electron chi connectivity index (χ0n) is 27.4. The Morgan fingerprint density at radius 3 is 2.61 bits per heavy atom. The fraction of sp³-hybridized carbons (Fsp3) is 0.278. The number of amides is 2. The van der Waals surface area contributed by atoms with Gasteiger partial charge in [0.15, 0.2) is 11.5 Å². The van der Waals surface area contributed by atoms with Crippen LogP contribution in [0.5, 0.6) is 17.2 Å². The van der Waals surface area contributed by atoms with Crippen molar-refractivity contribution < 1.29 is 37.7 Å². The zero-order valence-corrected chi connectivity index (χ0v) is 27.4. The van der Waals surface area contributed by atoms with Crippen molar-refractivity contribution in [3.63, 3.8) is 0 Å². The number of nitrogens with zero attached hydrogens (tertiary/aromatic N) is 4. The van der Waals surface area contributed by atoms with Crippen molar-refractivity contribution in [3.8, 4) is 28.5 Å². The summed E-state index contributed by atoms with van der Waals surface area (Å²) in [5, 5.41) is 19.2. The summed E-state index contributed by atoms with van der Waals surface area (Å²) >= 11 is 0. The van der Waals surface area contributed by atoms with Crippen LogP contribution in [-0.2, 0) is 15.8 Å². The van der Waals surface area contributed by atoms with Gasteiger partial charge in [0.05, 0.1) is 29.6 Å². The lowest BCUT2D eigenvalue weighted by atomic mass is 9.81. The van der Waals surface area contributed by atoms with Crippen LogP contribution in [0.3, 0.4) is 0 Å². The molecular weight excluding hydrogens is 664 g/mol. The highest BCUT2D eigenvalue weighted by Gasteiger charge is 2.50. The molecule has 2 aromatic carbocycles. The second-order valence-electron chi connectivity index (χ2n) is 13.3. The Labute approximate surface area is 289 Å². The predicted molar refractivity (Wildman–Crippen MR) is 179 cm³/mol. The first kappa shape index (κ1) is 32.3. The van der Waals surface area contributed by atoms with Crippen molar-refractivity contribution >= 4 is 34.2 Å². The average molecular weight is 696 g/mol. The van der Waals surface area contributed by atoms with Gasteiger partial charge in [-0.2, -0.15) is 0 Å². The number of aromatic nitrogens is 4. The van der Waals surface area contributed by atoms with Crippen molar-refractivity contribution in [2.24, 2.45) is 11.7 Å². The molecule has 0 saturated heterocycles. The Bertz CT molecular complexity index is 2250. The smallest absolute Gasteiger partial charge is 0.489 e. The van der Waals surface area contributed by atoms with E-state index in [1.54, 1.807) is 49.9 Å². The maximum atomic E-state index is 13.9. The highest BCUT2D eigenvalue weighted by atomic mass is 19.3. The third-order valence-corrected chi connectivity index (χ3v) is 9.51. The van der Waals surface area contributed by atoms with Crippen LogP contribution in [0.15, 0.2) is 67.3 Å². The molecule has 13 nitrogen and oxygen atoms in total. The molecular formula is C36H31F2N7O6. The second-order valence-corrected chi connectivity index (χ2v) is 13.3. The van der Waals surface area contributed by atoms with Gasteiger partial charge in [0.25, 0.3) is 5.91 Å². The van der Waals surface area contributed by atoms with Crippen molar-refractivity contribution in [1.29, 1.82) is 0 Å². The summed E-state index contributed by atoms with van der Waals surface area (Å²) < 4.78 is 42.9. The molecule has 3 aromatic heterocycles. The topological polar surface area (TPSA) is 184 Å². The van der Waals surface area contributed by atoms with Gasteiger partial charge in [-0.15, -0.1) is 8.78 Å². The van der Waals surface area contributed by atoms with Gasteiger partial charge >= 0.3 is 6.29 Å². The van der Waals surface area contributed by atoms with Crippen LogP contribution in [0.4, 0.5) is 20.3 Å². The molecule has 2 amide bonds. The van der Waals surface area contributed by atoms with E-state index in [0.717, 1.165) is 5.56 Å². The minimum Gasteiger partial charge on any atom is -0.489 e. The molecule has 5 N–H and O–H groups in total. The molecule has 5 heterocycles. The van der Waals surface area contributed by atoms with E-state index < -0.39 is 29.1 Å². The maximum absolute atomic E-state index is 13.9. The number of nitrogens with one attached hydrogen (secondary N) is 2. The third-order valence-electron chi connectivity index (χ3n) is 9.51. The Morgan fingerprint density at radius 2 is 1.86 bits per heavy atom. The number of benzene rings is 2. The molecule has 15 heteroatoms. The number of halogens is 2. The van der Waals surface area contributed by atoms with Gasteiger partial charge in [0.1, 0.15) is 34.9 Å². The van der Waals surface area contributed by atoms with Gasteiger partial charge in [0.2, 0.25) is 5.91 Å². The normalized spacial score (nSPS) is 19.5. The van der Waals surface area contributed by atoms with E-state index >= 15 is 0 Å². The molecule has 1 saturated carbocycles. The van der Waals surface area contributed by atoms with Gasteiger partial charge in [-0.25, -0.2) is 9.97 Å². The number of carbonyl (C=O) groups is 2. The molecule has 2 aliphatic heterocycles. The number of rotatable bonds is 9. The number of pyridine rings is 2. The van der Waals surface area contributed by atoms with Crippen molar-refractivity contribution in [2.45, 2.75) is 44.0 Å². The number of fused-ring (bicyclic) bond motifs is 3. The van der Waals surface area contributed by atoms with E-state index in [-0.39, 0.29) is 47.7 Å². The molecule has 0 unspecified atom stereocenters. The number of primary amides is 1. The van der Waals surface area contributed by atoms with Gasteiger partial charge in [-0.3, -0.25) is 19.6 Å². The quantitative estimate of drug-likeness (QED) is 0.169. The fourth-order valence-corrected chi connectivity index (χ4v) is 6.51. The van der Waals surface area contributed by atoms with Crippen molar-refractivity contribution in [3.05, 3.63) is 89.6 Å². The molecule has 0 spiro atoms. The van der Waals surface area contributed by atoms with E-state index in [1.165, 1.54) is 18.2 Å². The van der Waals surface area contributed by atoms with Crippen LogP contribution in [0, 0.1) is 12.8 Å². The summed E-state index contributed by atoms with van der Waals surface area (Å²) in [5.74, 6) is -1.11. The van der Waals surface area contributed by atoms with E-state index in [4.69, 9.17) is 15.5 Å². The number of carbonyl (C=O) groups excluding carboxylic acids is 2. The molecule has 51 heavy (non-hydrogen) atoms. The Balaban J connectivity index is 1.16. The fourth-order valence-electron chi connectivity index (χ4n) is 6.51. The first-order valence-electron chi connectivity index (χ1n) is 16.2. The number of hydrogen-bond donors (Lipinski definition) is 4. The SMILES string of the molecule is Cc1cnc2c(Nc3cnccn3)cc(C(=O)NC[C@](O)(c3cc4c(c(-c5ccc6c(c5)OC(F)(F)O6)n3)OC[C@]4(C)C(N)=O)C3CC3)cc2c1. The lowest BCUT2D eigenvalue weighted by Gasteiger charge is -2.30. The van der Waals surface area contributed by atoms with Crippen LogP contribution in [0.2, 0.25) is 0 Å². The van der Waals surface area contributed by atoms with Crippen LogP contribution in [-0.4, -0.2) is 56.3 Å². The predicted octanol–water partition coefficient (Wildman–Crippen LogP) is 4.62. The lowest BCUT2D eigenvalue weighted by molar-refractivity contribution is -0.286. The van der Waals surface area contributed by atoms with Crippen molar-refractivity contribution in [2.75, 3.05) is 18.5 Å². The lowest BCUT2D eigenvalue weighted by Crippen LogP contribution is -2.44. The van der Waals surface area contributed by atoms with Crippen LogP contribution >= 0.6 is 0 Å². The minimum atomic E-state index is -3.84. The van der Waals surface area contributed by atoms with E-state index in [1.807, 2.05) is 13.0 Å². The summed E-state index contributed by atoms with van der Waals surface area (Å²) in [4.78, 5) is 44.3. The number of anilines is 2. The Morgan fingerprint density at radius 1 is 1.06 bits per heavy atom. The van der Waals surface area contributed by atoms with Crippen LogP contribution in [0.1, 0.15) is 46.9 Å². The second kappa shape index (κ2) is 11.6. The van der Waals surface area contributed by atoms with E-state index in [9.17, 15) is 23.5 Å². The number of ether oxygens (including phenoxy) is 3. The molecule has 3 aliphatic rings. The molecule has 1 fully saturated rings. The monoisotopic (exact) mass is 695 g/mol. The molecule has 0 bridgehead atoms. The highest BCUT2D eigenvalue weighted by molar-refractivity contribution is 6.03.